The number of aryl methyl sites for hydroxylation is 1. The van der Waals surface area contributed by atoms with Crippen LogP contribution >= 0.6 is 30.4 Å². The smallest absolute Gasteiger partial charge is 0.344 e. The number of carbonyl (C=O) groups is 2. The van der Waals surface area contributed by atoms with Crippen molar-refractivity contribution < 1.29 is 83.0 Å². The van der Waals surface area contributed by atoms with Crippen molar-refractivity contribution in [1.29, 1.82) is 0 Å². The van der Waals surface area contributed by atoms with Gasteiger partial charge in [-0.15, -0.1) is 4.98 Å². The molecule has 8 rings (SSSR count). The van der Waals surface area contributed by atoms with Crippen LogP contribution in [-0.4, -0.2) is 145 Å². The number of hydrogen-bond acceptors (Lipinski definition) is 24. The lowest BCUT2D eigenvalue weighted by Gasteiger charge is -2.27. The average molecular weight is 1410 g/mol. The van der Waals surface area contributed by atoms with Crippen LogP contribution in [0.2, 0.25) is 0 Å². The molecule has 0 spiro atoms. The van der Waals surface area contributed by atoms with Gasteiger partial charge in [-0.25, -0.2) is 0 Å². The zero-order chi connectivity index (χ0) is 69.4. The molecule has 518 valence electrons. The summed E-state index contributed by atoms with van der Waals surface area (Å²) in [4.78, 5) is 47.4. The first kappa shape index (κ1) is 75.3. The first-order chi connectivity index (χ1) is 46.7. The highest BCUT2D eigenvalue weighted by atomic mass is 31.2. The third-order valence-corrected chi connectivity index (χ3v) is 23.2. The molecule has 0 N–H and O–H groups in total. The van der Waals surface area contributed by atoms with Crippen LogP contribution in [-0.2, 0) is 96.4 Å². The summed E-state index contributed by atoms with van der Waals surface area (Å²) >= 11 is 0. The van der Waals surface area contributed by atoms with Gasteiger partial charge in [0, 0.05) is 114 Å². The van der Waals surface area contributed by atoms with Gasteiger partial charge in [0.1, 0.15) is 53.9 Å². The molecular formula is C68H83N7O18P4. The van der Waals surface area contributed by atoms with Crippen LogP contribution in [0.5, 0.6) is 35.0 Å². The van der Waals surface area contributed by atoms with Crippen LogP contribution in [0.3, 0.4) is 0 Å². The van der Waals surface area contributed by atoms with E-state index in [9.17, 15) is 27.8 Å². The minimum atomic E-state index is -3.54. The molecule has 7 aromatic rings. The molecule has 0 saturated carbocycles. The fourth-order valence-electron chi connectivity index (χ4n) is 10.1. The Balaban J connectivity index is 0.864. The highest BCUT2D eigenvalue weighted by Crippen LogP contribution is 2.53. The number of para-hydroxylation sites is 1. The van der Waals surface area contributed by atoms with E-state index >= 15 is 0 Å². The largest absolute Gasteiger partial charge is 0.458 e. The summed E-state index contributed by atoms with van der Waals surface area (Å²) in [6.45, 7) is 1.29. The van der Waals surface area contributed by atoms with Crippen LogP contribution in [0.4, 0.5) is 11.6 Å². The van der Waals surface area contributed by atoms with Gasteiger partial charge in [-0.3, -0.25) is 37.6 Å². The number of fused-ring (bicyclic) bond motifs is 2. The molecule has 1 aliphatic heterocycles. The highest BCUT2D eigenvalue weighted by molar-refractivity contribution is 7.55. The molecule has 0 fully saturated rings. The number of ketones is 1. The molecule has 0 saturated heterocycles. The van der Waals surface area contributed by atoms with Crippen molar-refractivity contribution >= 4 is 53.7 Å². The molecule has 29 heteroatoms. The maximum Gasteiger partial charge on any atom is 0.344 e. The van der Waals surface area contributed by atoms with Crippen LogP contribution in [0, 0.1) is 11.8 Å². The Hall–Kier alpha value is -7.45. The van der Waals surface area contributed by atoms with Crippen molar-refractivity contribution in [2.24, 2.45) is 0 Å². The maximum atomic E-state index is 13.6. The van der Waals surface area contributed by atoms with E-state index in [2.05, 4.69) is 26.8 Å². The fourth-order valence-corrected chi connectivity index (χ4v) is 14.8. The molecule has 25 nitrogen and oxygen atoms in total. The predicted octanol–water partition coefficient (Wildman–Crippen LogP) is 13.6. The molecule has 1 amide bonds. The van der Waals surface area contributed by atoms with Gasteiger partial charge in [-0.05, 0) is 120 Å². The van der Waals surface area contributed by atoms with Crippen molar-refractivity contribution in [2.45, 2.75) is 58.0 Å². The Kier molecular flexibility index (Phi) is 28.3. The second-order valence-electron chi connectivity index (χ2n) is 22.3. The molecule has 2 heterocycles. The van der Waals surface area contributed by atoms with Gasteiger partial charge < -0.3 is 64.9 Å². The Morgan fingerprint density at radius 2 is 0.866 bits per heavy atom. The van der Waals surface area contributed by atoms with Crippen LogP contribution in [0.15, 0.2) is 146 Å². The normalized spacial score (nSPS) is 12.5. The van der Waals surface area contributed by atoms with Gasteiger partial charge >= 0.3 is 42.4 Å². The minimum absolute atomic E-state index is 0.0424. The molecule has 6 aromatic carbocycles. The summed E-state index contributed by atoms with van der Waals surface area (Å²) in [5.74, 6) is 8.71. The number of ether oxygens (including phenoxy) is 4. The Bertz CT molecular complexity index is 3780. The zero-order valence-corrected chi connectivity index (χ0v) is 59.5. The van der Waals surface area contributed by atoms with Gasteiger partial charge in [-0.1, -0.05) is 90.7 Å². The molecule has 0 aliphatic carbocycles. The number of amides is 1. The summed E-state index contributed by atoms with van der Waals surface area (Å²) in [6.07, 6.45) is 2.17. The van der Waals surface area contributed by atoms with Crippen LogP contribution in [0.25, 0.3) is 0 Å². The molecule has 0 atom stereocenters. The molecule has 97 heavy (non-hydrogen) atoms. The summed E-state index contributed by atoms with van der Waals surface area (Å²) in [7, 11) is -2.08. The number of Topliss-reactive ketones (excluding diaryl/α,β-unsaturated/α-hetero) is 1. The van der Waals surface area contributed by atoms with Crippen molar-refractivity contribution in [3.63, 3.8) is 0 Å². The van der Waals surface area contributed by atoms with E-state index in [-0.39, 0.29) is 68.0 Å². The topological polar surface area (TPSA) is 265 Å². The first-order valence-corrected chi connectivity index (χ1v) is 37.9. The lowest BCUT2D eigenvalue weighted by molar-refractivity contribution is -0.120. The SMILES string of the molecule is COP(=O)(CN(CCc1ccc(Oc2nc(Oc3ccc(CCN(CP(=O)(OC)OC)CP(=O)(OC)OC)cc3)nc(N(C)Cc3ccc(OCOc4ccc(CCC(=O)CCCC(=O)N5Cc6ccccc6C#Cc6ccccc65)cc4)cc3)n2)cc1)CP(=O)(OC)OC)OC. The number of aromatic nitrogens is 3. The minimum Gasteiger partial charge on any atom is -0.458 e. The number of benzene rings is 6. The molecule has 0 bridgehead atoms. The van der Waals surface area contributed by atoms with Gasteiger partial charge in [-0.2, -0.15) is 9.97 Å². The van der Waals surface area contributed by atoms with Crippen molar-refractivity contribution in [2.75, 3.05) is 119 Å². The Labute approximate surface area is 567 Å². The lowest BCUT2D eigenvalue weighted by atomic mass is 10.0. The van der Waals surface area contributed by atoms with Gasteiger partial charge in [0.15, 0.2) is 0 Å². The average Bonchev–Trinajstić information content (AvgIpc) is 0.930. The highest BCUT2D eigenvalue weighted by Gasteiger charge is 2.34. The van der Waals surface area contributed by atoms with Crippen molar-refractivity contribution in [3.05, 3.63) is 185 Å². The quantitative estimate of drug-likeness (QED) is 0.0196. The standard InChI is InChI=1S/C68H83N7O18P4/c1-72(45-55-28-35-61(36-29-55)91-51-90-60-33-22-52(23-34-60)21-32-59(76)18-14-20-65(77)75-46-58-17-11-10-15-56(58)30-31-57-16-12-13-19-64(57)75)66-69-67(92-62-37-24-53(25-38-62)41-43-73(47-94(78,82-2)83-3)48-95(79,84-4)85-5)71-68(70-66)93-63-39-26-54(27-40-63)42-44-74(49-96(80,86-6)87-7)50-97(81,88-8)89-9/h10-13,15-17,19,22-29,33-40H,14,18,20-21,32,41-51H2,1-9H3. The number of rotatable bonds is 40. The third kappa shape index (κ3) is 22.8. The van der Waals surface area contributed by atoms with E-state index in [1.807, 2.05) is 128 Å². The Morgan fingerprint density at radius 1 is 0.464 bits per heavy atom. The second kappa shape index (κ2) is 36.4. The fraction of sp³-hybridized carbons (Fsp3) is 0.368. The van der Waals surface area contributed by atoms with E-state index in [1.54, 1.807) is 43.9 Å². The summed E-state index contributed by atoms with van der Waals surface area (Å²) < 4.78 is 118. The van der Waals surface area contributed by atoms with Crippen molar-refractivity contribution in [3.8, 4) is 46.9 Å². The van der Waals surface area contributed by atoms with Gasteiger partial charge in [0.25, 0.3) is 0 Å². The van der Waals surface area contributed by atoms with Gasteiger partial charge in [0.05, 0.1) is 12.2 Å². The van der Waals surface area contributed by atoms with E-state index < -0.39 is 30.4 Å². The van der Waals surface area contributed by atoms with E-state index in [1.165, 1.54) is 56.9 Å². The Morgan fingerprint density at radius 3 is 1.33 bits per heavy atom. The summed E-state index contributed by atoms with van der Waals surface area (Å²) in [5, 5.41) is 0. The summed E-state index contributed by atoms with van der Waals surface area (Å²) in [5.41, 5.74) is 7.06. The number of anilines is 2. The molecule has 1 aromatic heterocycles. The second-order valence-corrected chi connectivity index (χ2v) is 31.2. The van der Waals surface area contributed by atoms with E-state index in [0.717, 1.165) is 44.6 Å². The van der Waals surface area contributed by atoms with E-state index in [4.69, 9.17) is 55.1 Å². The molecule has 0 radical (unpaired) electrons. The third-order valence-electron chi connectivity index (χ3n) is 15.8. The zero-order valence-electron chi connectivity index (χ0n) is 55.9. The predicted molar refractivity (Wildman–Crippen MR) is 368 cm³/mol. The summed E-state index contributed by atoms with van der Waals surface area (Å²) in [6, 6.07) is 44.7. The maximum absolute atomic E-state index is 13.6. The first-order valence-electron chi connectivity index (χ1n) is 30.9. The van der Waals surface area contributed by atoms with Crippen LogP contribution in [0.1, 0.15) is 64.6 Å². The van der Waals surface area contributed by atoms with E-state index in [0.29, 0.717) is 87.7 Å². The number of carbonyl (C=O) groups excluding carboxylic acids is 2. The van der Waals surface area contributed by atoms with Crippen LogP contribution < -0.4 is 28.7 Å². The molecule has 0 unspecified atom stereocenters. The number of nitrogens with zero attached hydrogens (tertiary/aromatic N) is 7. The van der Waals surface area contributed by atoms with Crippen molar-refractivity contribution in [1.82, 2.24) is 24.8 Å². The monoisotopic (exact) mass is 1410 g/mol. The van der Waals surface area contributed by atoms with Gasteiger partial charge in [0.2, 0.25) is 18.6 Å². The molecular weight excluding hydrogens is 1330 g/mol. The number of hydrogen-bond donors (Lipinski definition) is 0. The molecule has 1 aliphatic rings. The lowest BCUT2D eigenvalue weighted by Crippen LogP contribution is -2.31.